The second kappa shape index (κ2) is 4.96. The maximum Gasteiger partial charge on any atom is 0.249 e. The van der Waals surface area contributed by atoms with Gasteiger partial charge in [-0.3, -0.25) is 14.6 Å². The zero-order chi connectivity index (χ0) is 14.1. The first kappa shape index (κ1) is 12.7. The van der Waals surface area contributed by atoms with E-state index in [1.165, 1.54) is 0 Å². The average Bonchev–Trinajstić information content (AvgIpc) is 2.79. The van der Waals surface area contributed by atoms with Gasteiger partial charge in [-0.05, 0) is 24.3 Å². The zero-order valence-corrected chi connectivity index (χ0v) is 10.9. The molecule has 0 N–H and O–H groups in total. The number of benzene rings is 1. The molecule has 0 spiro atoms. The molecule has 0 aromatic heterocycles. The Morgan fingerprint density at radius 1 is 1.05 bits per heavy atom. The van der Waals surface area contributed by atoms with E-state index in [0.29, 0.717) is 19.4 Å². The molecule has 0 atom stereocenters. The summed E-state index contributed by atoms with van der Waals surface area (Å²) in [5.41, 5.74) is 1.87. The number of aldehydes is 1. The summed E-state index contributed by atoms with van der Waals surface area (Å²) in [6, 6.07) is 7.67. The number of nitrogens with zero attached hydrogens (tertiary/aromatic N) is 3. The van der Waals surface area contributed by atoms with Crippen LogP contribution in [-0.2, 0) is 14.4 Å². The van der Waals surface area contributed by atoms with E-state index in [1.807, 2.05) is 24.3 Å². The highest BCUT2D eigenvalue weighted by molar-refractivity contribution is 5.91. The highest BCUT2D eigenvalue weighted by Crippen LogP contribution is 2.28. The SMILES string of the molecule is O=CC1CN(c2ccc(N3CCC(=O)N3C=O)cc2)C1. The molecule has 6 nitrogen and oxygen atoms in total. The monoisotopic (exact) mass is 273 g/mol. The molecule has 0 unspecified atom stereocenters. The molecule has 2 fully saturated rings. The van der Waals surface area contributed by atoms with Crippen LogP contribution in [0.4, 0.5) is 11.4 Å². The molecule has 3 rings (SSSR count). The largest absolute Gasteiger partial charge is 0.370 e. The van der Waals surface area contributed by atoms with Gasteiger partial charge in [0.2, 0.25) is 12.3 Å². The molecule has 20 heavy (non-hydrogen) atoms. The van der Waals surface area contributed by atoms with Gasteiger partial charge in [-0.2, -0.15) is 5.01 Å². The zero-order valence-electron chi connectivity index (χ0n) is 10.9. The van der Waals surface area contributed by atoms with E-state index in [9.17, 15) is 14.4 Å². The average molecular weight is 273 g/mol. The molecule has 2 heterocycles. The van der Waals surface area contributed by atoms with Crippen molar-refractivity contribution in [1.29, 1.82) is 0 Å². The molecule has 2 aliphatic rings. The molecule has 0 bridgehead atoms. The van der Waals surface area contributed by atoms with Crippen LogP contribution in [0.25, 0.3) is 0 Å². The van der Waals surface area contributed by atoms with Crippen molar-refractivity contribution >= 4 is 30.0 Å². The Morgan fingerprint density at radius 2 is 1.70 bits per heavy atom. The number of hydrogen-bond acceptors (Lipinski definition) is 5. The van der Waals surface area contributed by atoms with Crippen LogP contribution in [0.1, 0.15) is 6.42 Å². The van der Waals surface area contributed by atoms with Crippen LogP contribution in [0.3, 0.4) is 0 Å². The van der Waals surface area contributed by atoms with Crippen molar-refractivity contribution in [2.75, 3.05) is 29.5 Å². The molecular weight excluding hydrogens is 258 g/mol. The molecule has 2 aliphatic heterocycles. The summed E-state index contributed by atoms with van der Waals surface area (Å²) in [6.07, 6.45) is 1.89. The minimum absolute atomic E-state index is 0.136. The van der Waals surface area contributed by atoms with E-state index >= 15 is 0 Å². The lowest BCUT2D eigenvalue weighted by atomic mass is 10.0. The number of hydrazine groups is 1. The highest BCUT2D eigenvalue weighted by atomic mass is 16.2. The van der Waals surface area contributed by atoms with E-state index in [2.05, 4.69) is 4.90 Å². The first-order valence-electron chi connectivity index (χ1n) is 6.58. The van der Waals surface area contributed by atoms with Gasteiger partial charge in [0.15, 0.2) is 0 Å². The maximum absolute atomic E-state index is 11.5. The number of amides is 2. The van der Waals surface area contributed by atoms with Crippen molar-refractivity contribution in [3.05, 3.63) is 24.3 Å². The van der Waals surface area contributed by atoms with Crippen LogP contribution in [0, 0.1) is 5.92 Å². The van der Waals surface area contributed by atoms with E-state index < -0.39 is 0 Å². The normalized spacial score (nSPS) is 19.2. The van der Waals surface area contributed by atoms with Crippen LogP contribution < -0.4 is 9.91 Å². The van der Waals surface area contributed by atoms with Crippen LogP contribution >= 0.6 is 0 Å². The van der Waals surface area contributed by atoms with E-state index in [4.69, 9.17) is 0 Å². The summed E-state index contributed by atoms with van der Waals surface area (Å²) in [7, 11) is 0. The molecule has 0 saturated carbocycles. The van der Waals surface area contributed by atoms with Crippen molar-refractivity contribution in [1.82, 2.24) is 5.01 Å². The second-order valence-electron chi connectivity index (χ2n) is 5.03. The third-order valence-corrected chi connectivity index (χ3v) is 3.77. The summed E-state index contributed by atoms with van der Waals surface area (Å²) in [5, 5.41) is 2.78. The summed E-state index contributed by atoms with van der Waals surface area (Å²) in [5.74, 6) is -0.0444. The Morgan fingerprint density at radius 3 is 2.30 bits per heavy atom. The third kappa shape index (κ3) is 2.03. The fraction of sp³-hybridized carbons (Fsp3) is 0.357. The van der Waals surface area contributed by atoms with Crippen molar-refractivity contribution in [3.8, 4) is 0 Å². The summed E-state index contributed by atoms with van der Waals surface area (Å²) < 4.78 is 0. The molecule has 0 aliphatic carbocycles. The summed E-state index contributed by atoms with van der Waals surface area (Å²) >= 11 is 0. The molecule has 2 saturated heterocycles. The number of carbonyl (C=O) groups is 3. The summed E-state index contributed by atoms with van der Waals surface area (Å²) in [4.78, 5) is 35.1. The first-order valence-corrected chi connectivity index (χ1v) is 6.58. The fourth-order valence-electron chi connectivity index (χ4n) is 2.57. The van der Waals surface area contributed by atoms with Crippen molar-refractivity contribution in [2.45, 2.75) is 6.42 Å². The predicted molar refractivity (Wildman–Crippen MR) is 73.1 cm³/mol. The maximum atomic E-state index is 11.5. The lowest BCUT2D eigenvalue weighted by molar-refractivity contribution is -0.135. The number of rotatable bonds is 4. The summed E-state index contributed by atoms with van der Waals surface area (Å²) in [6.45, 7) is 2.03. The van der Waals surface area contributed by atoms with Gasteiger partial charge in [-0.15, -0.1) is 0 Å². The molecule has 1 aromatic carbocycles. The van der Waals surface area contributed by atoms with Crippen LogP contribution in [0.5, 0.6) is 0 Å². The van der Waals surface area contributed by atoms with Gasteiger partial charge in [0.1, 0.15) is 6.29 Å². The molecule has 1 aromatic rings. The Labute approximate surface area is 116 Å². The number of carbonyl (C=O) groups excluding carboxylic acids is 3. The Bertz CT molecular complexity index is 537. The Kier molecular flexibility index (Phi) is 3.14. The lowest BCUT2D eigenvalue weighted by Gasteiger charge is -2.38. The topological polar surface area (TPSA) is 60.9 Å². The van der Waals surface area contributed by atoms with Gasteiger partial charge >= 0.3 is 0 Å². The van der Waals surface area contributed by atoms with Gasteiger partial charge in [0, 0.05) is 37.7 Å². The second-order valence-corrected chi connectivity index (χ2v) is 5.03. The van der Waals surface area contributed by atoms with Gasteiger partial charge < -0.3 is 9.69 Å². The minimum Gasteiger partial charge on any atom is -0.370 e. The molecule has 2 amide bonds. The molecule has 6 heteroatoms. The molecule has 104 valence electrons. The number of imide groups is 1. The molecular formula is C14H15N3O3. The van der Waals surface area contributed by atoms with Crippen molar-refractivity contribution in [2.24, 2.45) is 5.92 Å². The highest BCUT2D eigenvalue weighted by Gasteiger charge is 2.29. The van der Waals surface area contributed by atoms with Crippen LogP contribution in [0.15, 0.2) is 24.3 Å². The minimum atomic E-state index is -0.180. The van der Waals surface area contributed by atoms with Crippen LogP contribution in [0.2, 0.25) is 0 Å². The van der Waals surface area contributed by atoms with E-state index in [1.54, 1.807) is 5.01 Å². The predicted octanol–water partition coefficient (Wildman–Crippen LogP) is 0.432. The smallest absolute Gasteiger partial charge is 0.249 e. The van der Waals surface area contributed by atoms with Crippen LogP contribution in [-0.4, -0.2) is 43.2 Å². The Balaban J connectivity index is 1.72. The number of anilines is 2. The Hall–Kier alpha value is -2.37. The number of hydrogen-bond donors (Lipinski definition) is 0. The third-order valence-electron chi connectivity index (χ3n) is 3.77. The van der Waals surface area contributed by atoms with Crippen molar-refractivity contribution < 1.29 is 14.4 Å². The molecule has 0 radical (unpaired) electrons. The van der Waals surface area contributed by atoms with E-state index in [0.717, 1.165) is 35.8 Å². The van der Waals surface area contributed by atoms with Crippen molar-refractivity contribution in [3.63, 3.8) is 0 Å². The fourth-order valence-corrected chi connectivity index (χ4v) is 2.57. The van der Waals surface area contributed by atoms with Gasteiger partial charge in [-0.1, -0.05) is 0 Å². The standard InChI is InChI=1S/C14H15N3O3/c18-9-11-7-15(8-11)12-1-3-13(4-2-12)16-6-5-14(20)17(16)10-19/h1-4,9-11H,5-8H2. The van der Waals surface area contributed by atoms with Gasteiger partial charge in [0.25, 0.3) is 0 Å². The quantitative estimate of drug-likeness (QED) is 0.745. The lowest BCUT2D eigenvalue weighted by Crippen LogP contribution is -2.47. The first-order chi connectivity index (χ1) is 9.72. The van der Waals surface area contributed by atoms with Gasteiger partial charge in [-0.25, -0.2) is 0 Å². The van der Waals surface area contributed by atoms with E-state index in [-0.39, 0.29) is 11.8 Å². The van der Waals surface area contributed by atoms with Gasteiger partial charge in [0.05, 0.1) is 5.69 Å².